The summed E-state index contributed by atoms with van der Waals surface area (Å²) < 4.78 is 17.1. The lowest BCUT2D eigenvalue weighted by Gasteiger charge is -2.13. The molecule has 0 bridgehead atoms. The van der Waals surface area contributed by atoms with E-state index in [-0.39, 0.29) is 5.97 Å². The van der Waals surface area contributed by atoms with Gasteiger partial charge in [-0.3, -0.25) is 0 Å². The van der Waals surface area contributed by atoms with Crippen LogP contribution in [0.3, 0.4) is 0 Å². The van der Waals surface area contributed by atoms with E-state index in [9.17, 15) is 4.79 Å². The van der Waals surface area contributed by atoms with Crippen molar-refractivity contribution in [2.45, 2.75) is 25.0 Å². The number of aromatic nitrogens is 1. The second kappa shape index (κ2) is 8.03. The number of methoxy groups -OCH3 is 1. The van der Waals surface area contributed by atoms with Crippen LogP contribution < -0.4 is 9.47 Å². The molecule has 34 heavy (non-hydrogen) atoms. The quantitative estimate of drug-likeness (QED) is 0.347. The summed E-state index contributed by atoms with van der Waals surface area (Å²) in [6.07, 6.45) is 1.70. The van der Waals surface area contributed by atoms with E-state index in [1.807, 2.05) is 78.9 Å². The first kappa shape index (κ1) is 20.5. The Morgan fingerprint density at radius 3 is 2.29 bits per heavy atom. The summed E-state index contributed by atoms with van der Waals surface area (Å²) in [6.45, 7) is 0.370. The van der Waals surface area contributed by atoms with Gasteiger partial charge in [0, 0.05) is 11.0 Å². The molecule has 5 heteroatoms. The van der Waals surface area contributed by atoms with E-state index in [1.165, 1.54) is 0 Å². The molecular weight excluding hydrogens is 426 g/mol. The number of nitrogens with zero attached hydrogens (tertiary/aromatic N) is 1. The number of fused-ring (bicyclic) bond motifs is 1. The number of carbonyl (C=O) groups excluding carboxylic acids is 1. The molecule has 1 aliphatic heterocycles. The first-order valence-electron chi connectivity index (χ1n) is 11.4. The summed E-state index contributed by atoms with van der Waals surface area (Å²) in [5, 5.41) is 1.11. The number of esters is 1. The van der Waals surface area contributed by atoms with Crippen LogP contribution in [0.15, 0.2) is 84.9 Å². The van der Waals surface area contributed by atoms with Crippen molar-refractivity contribution in [1.82, 2.24) is 4.98 Å². The lowest BCUT2D eigenvalue weighted by molar-refractivity contribution is -0.138. The Hall–Kier alpha value is -4.12. The number of hydrogen-bond donors (Lipinski definition) is 0. The van der Waals surface area contributed by atoms with Crippen LogP contribution in [0.5, 0.6) is 11.5 Å². The third-order valence-electron chi connectivity index (χ3n) is 6.47. The minimum Gasteiger partial charge on any atom is -0.497 e. The minimum absolute atomic E-state index is 0.266. The molecule has 168 valence electrons. The van der Waals surface area contributed by atoms with Gasteiger partial charge in [-0.05, 0) is 60.4 Å². The van der Waals surface area contributed by atoms with Crippen LogP contribution in [0.2, 0.25) is 0 Å². The molecule has 4 aromatic rings. The third-order valence-corrected chi connectivity index (χ3v) is 6.47. The Bertz CT molecular complexity index is 1420. The minimum atomic E-state index is -0.488. The second-order valence-corrected chi connectivity index (χ2v) is 8.67. The smallest absolute Gasteiger partial charge is 0.340 e. The van der Waals surface area contributed by atoms with Gasteiger partial charge in [0.15, 0.2) is 0 Å². The van der Waals surface area contributed by atoms with Gasteiger partial charge in [-0.2, -0.15) is 0 Å². The number of ether oxygens (including phenoxy) is 3. The van der Waals surface area contributed by atoms with Gasteiger partial charge in [-0.1, -0.05) is 48.5 Å². The molecule has 1 saturated carbocycles. The highest BCUT2D eigenvalue weighted by molar-refractivity contribution is 6.29. The van der Waals surface area contributed by atoms with Crippen LogP contribution >= 0.6 is 0 Å². The summed E-state index contributed by atoms with van der Waals surface area (Å²) in [6, 6.07) is 27.5. The molecular formula is C29H23NO4. The van der Waals surface area contributed by atoms with Gasteiger partial charge in [-0.15, -0.1) is 0 Å². The maximum Gasteiger partial charge on any atom is 0.340 e. The van der Waals surface area contributed by atoms with Crippen molar-refractivity contribution in [3.63, 3.8) is 0 Å². The average molecular weight is 450 g/mol. The molecule has 2 aliphatic rings. The van der Waals surface area contributed by atoms with Crippen LogP contribution in [-0.4, -0.2) is 23.7 Å². The lowest BCUT2D eigenvalue weighted by atomic mass is 9.91. The fourth-order valence-electron chi connectivity index (χ4n) is 4.57. The summed E-state index contributed by atoms with van der Waals surface area (Å²) in [7, 11) is 1.64. The number of hydrogen-bond acceptors (Lipinski definition) is 5. The Kier molecular flexibility index (Phi) is 4.84. The van der Waals surface area contributed by atoms with Crippen LogP contribution in [0.4, 0.5) is 0 Å². The van der Waals surface area contributed by atoms with Gasteiger partial charge in [-0.25, -0.2) is 9.78 Å². The molecule has 1 aliphatic carbocycles. The maximum absolute atomic E-state index is 12.9. The molecule has 0 unspecified atom stereocenters. The van der Waals surface area contributed by atoms with Gasteiger partial charge >= 0.3 is 5.97 Å². The van der Waals surface area contributed by atoms with Crippen molar-refractivity contribution >= 4 is 28.0 Å². The molecule has 5 nitrogen and oxygen atoms in total. The molecule has 0 radical (unpaired) electrons. The highest BCUT2D eigenvalue weighted by Gasteiger charge is 2.57. The molecule has 0 saturated heterocycles. The molecule has 2 heterocycles. The second-order valence-electron chi connectivity index (χ2n) is 8.67. The van der Waals surface area contributed by atoms with E-state index < -0.39 is 5.60 Å². The molecule has 1 spiro atoms. The molecule has 6 rings (SSSR count). The van der Waals surface area contributed by atoms with E-state index >= 15 is 0 Å². The van der Waals surface area contributed by atoms with Gasteiger partial charge in [0.25, 0.3) is 0 Å². The zero-order valence-electron chi connectivity index (χ0n) is 18.8. The van der Waals surface area contributed by atoms with E-state index in [0.717, 1.165) is 57.6 Å². The van der Waals surface area contributed by atoms with Crippen molar-refractivity contribution in [2.75, 3.05) is 7.11 Å². The first-order chi connectivity index (χ1) is 16.6. The van der Waals surface area contributed by atoms with E-state index in [0.29, 0.717) is 12.2 Å². The summed E-state index contributed by atoms with van der Waals surface area (Å²) in [4.78, 5) is 17.6. The van der Waals surface area contributed by atoms with Gasteiger partial charge in [0.1, 0.15) is 23.7 Å². The first-order valence-corrected chi connectivity index (χ1v) is 11.4. The third kappa shape index (κ3) is 3.59. The van der Waals surface area contributed by atoms with Crippen molar-refractivity contribution < 1.29 is 19.0 Å². The van der Waals surface area contributed by atoms with Crippen LogP contribution in [0, 0.1) is 0 Å². The zero-order valence-corrected chi connectivity index (χ0v) is 18.8. The maximum atomic E-state index is 12.9. The average Bonchev–Trinajstić information content (AvgIpc) is 3.59. The Morgan fingerprint density at radius 1 is 0.853 bits per heavy atom. The van der Waals surface area contributed by atoms with Gasteiger partial charge in [0.05, 0.1) is 23.9 Å². The summed E-state index contributed by atoms with van der Waals surface area (Å²) in [5.41, 5.74) is 4.74. The van der Waals surface area contributed by atoms with E-state index in [1.54, 1.807) is 7.11 Å². The Morgan fingerprint density at radius 2 is 1.56 bits per heavy atom. The van der Waals surface area contributed by atoms with Crippen LogP contribution in [-0.2, 0) is 16.1 Å². The van der Waals surface area contributed by atoms with Gasteiger partial charge < -0.3 is 14.2 Å². The highest BCUT2D eigenvalue weighted by Crippen LogP contribution is 2.57. The zero-order chi connectivity index (χ0) is 23.1. The topological polar surface area (TPSA) is 57.7 Å². The highest BCUT2D eigenvalue weighted by atomic mass is 16.6. The molecule has 0 N–H and O–H groups in total. The number of pyridine rings is 1. The van der Waals surface area contributed by atoms with Crippen molar-refractivity contribution in [2.24, 2.45) is 0 Å². The molecule has 1 aromatic heterocycles. The predicted octanol–water partition coefficient (Wildman–Crippen LogP) is 5.82. The standard InChI is InChI=1S/C29H23NO4/c1-32-23-12-9-21(10-13-23)27-26(28(31)34-29(27)16-17-29)20-7-14-24(15-8-20)33-18-22-11-6-19-4-2-3-5-25(19)30-22/h2-15H,16-18H2,1H3. The molecule has 0 amide bonds. The lowest BCUT2D eigenvalue weighted by Crippen LogP contribution is -2.11. The van der Waals surface area contributed by atoms with E-state index in [2.05, 4.69) is 11.1 Å². The number of carbonyl (C=O) groups is 1. The Balaban J connectivity index is 1.26. The van der Waals surface area contributed by atoms with Gasteiger partial charge in [0.2, 0.25) is 0 Å². The van der Waals surface area contributed by atoms with Crippen LogP contribution in [0.1, 0.15) is 29.7 Å². The monoisotopic (exact) mass is 449 g/mol. The summed E-state index contributed by atoms with van der Waals surface area (Å²) in [5.74, 6) is 1.23. The van der Waals surface area contributed by atoms with Crippen LogP contribution in [0.25, 0.3) is 22.0 Å². The molecule has 0 atom stereocenters. The predicted molar refractivity (Wildman–Crippen MR) is 130 cm³/mol. The largest absolute Gasteiger partial charge is 0.497 e. The number of rotatable bonds is 6. The molecule has 3 aromatic carbocycles. The van der Waals surface area contributed by atoms with Crippen molar-refractivity contribution in [1.29, 1.82) is 0 Å². The number of benzene rings is 3. The fraction of sp³-hybridized carbons (Fsp3) is 0.172. The van der Waals surface area contributed by atoms with Crippen molar-refractivity contribution in [3.8, 4) is 11.5 Å². The molecule has 1 fully saturated rings. The Labute approximate surface area is 197 Å². The van der Waals surface area contributed by atoms with E-state index in [4.69, 9.17) is 14.2 Å². The normalized spacial score (nSPS) is 16.1. The number of para-hydroxylation sites is 1. The fourth-order valence-corrected chi connectivity index (χ4v) is 4.57. The van der Waals surface area contributed by atoms with Crippen molar-refractivity contribution in [3.05, 3.63) is 102 Å². The summed E-state index contributed by atoms with van der Waals surface area (Å²) >= 11 is 0. The SMILES string of the molecule is COc1ccc(C2=C(c3ccc(OCc4ccc5ccccc5n4)cc3)C(=O)OC23CC3)cc1.